The summed E-state index contributed by atoms with van der Waals surface area (Å²) < 4.78 is 0. The summed E-state index contributed by atoms with van der Waals surface area (Å²) in [5.41, 5.74) is 2.89. The van der Waals surface area contributed by atoms with E-state index in [-0.39, 0.29) is 29.9 Å². The fraction of sp³-hybridized carbons (Fsp3) is 0.294. The van der Waals surface area contributed by atoms with E-state index >= 15 is 0 Å². The molecule has 0 fully saturated rings. The molecule has 1 aromatic carbocycles. The van der Waals surface area contributed by atoms with Crippen LogP contribution in [0.1, 0.15) is 17.5 Å². The van der Waals surface area contributed by atoms with Gasteiger partial charge in [0.2, 0.25) is 5.91 Å². The zero-order valence-corrected chi connectivity index (χ0v) is 18.0. The van der Waals surface area contributed by atoms with Crippen molar-refractivity contribution in [3.8, 4) is 0 Å². The Labute approximate surface area is 174 Å². The molecule has 1 aromatic heterocycles. The van der Waals surface area contributed by atoms with E-state index in [0.717, 1.165) is 5.56 Å². The Bertz CT molecular complexity index is 707. The number of carbonyl (C=O) groups is 1. The largest absolute Gasteiger partial charge is 0.356 e. The smallest absolute Gasteiger partial charge is 0.226 e. The summed E-state index contributed by atoms with van der Waals surface area (Å²) in [6, 6.07) is 7.61. The number of rotatable bonds is 6. The minimum atomic E-state index is -0.0958. The van der Waals surface area contributed by atoms with Crippen LogP contribution in [0.3, 0.4) is 0 Å². The minimum Gasteiger partial charge on any atom is -0.356 e. The molecule has 0 bridgehead atoms. The number of amides is 1. The first-order valence-electron chi connectivity index (χ1n) is 7.60. The van der Waals surface area contributed by atoms with Gasteiger partial charge < -0.3 is 16.0 Å². The molecule has 0 aliphatic carbocycles. The molecule has 1 amide bonds. The molecule has 5 nitrogen and oxygen atoms in total. The third-order valence-electron chi connectivity index (χ3n) is 3.31. The lowest BCUT2D eigenvalue weighted by Gasteiger charge is -2.12. The molecule has 0 saturated heterocycles. The van der Waals surface area contributed by atoms with Crippen LogP contribution in [0.25, 0.3) is 0 Å². The van der Waals surface area contributed by atoms with Crippen LogP contribution in [0, 0.1) is 6.92 Å². The minimum absolute atomic E-state index is 0. The quantitative estimate of drug-likeness (QED) is 0.324. The number of nitrogens with zero attached hydrogens (tertiary/aromatic N) is 1. The maximum Gasteiger partial charge on any atom is 0.226 e. The van der Waals surface area contributed by atoms with Crippen LogP contribution in [0.5, 0.6) is 0 Å². The summed E-state index contributed by atoms with van der Waals surface area (Å²) >= 11 is 7.77. The number of hydrogen-bond donors (Lipinski definition) is 3. The van der Waals surface area contributed by atoms with Gasteiger partial charge in [-0.3, -0.25) is 9.79 Å². The number of carbonyl (C=O) groups excluding carboxylic acids is 1. The summed E-state index contributed by atoms with van der Waals surface area (Å²) in [7, 11) is 1.70. The first-order valence-corrected chi connectivity index (χ1v) is 8.92. The number of aliphatic imine (C=N–C) groups is 1. The van der Waals surface area contributed by atoms with Crippen LogP contribution >= 0.6 is 46.9 Å². The van der Waals surface area contributed by atoms with Gasteiger partial charge in [0.15, 0.2) is 5.96 Å². The average molecular weight is 493 g/mol. The number of aryl methyl sites for hydroxylation is 1. The molecule has 136 valence electrons. The zero-order chi connectivity index (χ0) is 17.4. The van der Waals surface area contributed by atoms with Crippen molar-refractivity contribution in [2.45, 2.75) is 19.9 Å². The van der Waals surface area contributed by atoms with Gasteiger partial charge in [0.1, 0.15) is 0 Å². The Morgan fingerprint density at radius 3 is 2.72 bits per heavy atom. The van der Waals surface area contributed by atoms with Gasteiger partial charge in [-0.05, 0) is 47.0 Å². The lowest BCUT2D eigenvalue weighted by atomic mass is 10.2. The van der Waals surface area contributed by atoms with Gasteiger partial charge in [0.05, 0.1) is 10.7 Å². The molecule has 0 radical (unpaired) electrons. The molecule has 25 heavy (non-hydrogen) atoms. The zero-order valence-electron chi connectivity index (χ0n) is 14.1. The Morgan fingerprint density at radius 2 is 2.08 bits per heavy atom. The van der Waals surface area contributed by atoms with Gasteiger partial charge >= 0.3 is 0 Å². The van der Waals surface area contributed by atoms with Crippen LogP contribution in [-0.4, -0.2) is 25.5 Å². The molecule has 0 atom stereocenters. The van der Waals surface area contributed by atoms with E-state index in [9.17, 15) is 4.79 Å². The van der Waals surface area contributed by atoms with Crippen LogP contribution in [0.4, 0.5) is 5.69 Å². The number of halogens is 2. The second kappa shape index (κ2) is 11.3. The van der Waals surface area contributed by atoms with Gasteiger partial charge in [-0.2, -0.15) is 11.3 Å². The first-order chi connectivity index (χ1) is 11.6. The lowest BCUT2D eigenvalue weighted by molar-refractivity contribution is -0.116. The third kappa shape index (κ3) is 7.62. The predicted octanol–water partition coefficient (Wildman–Crippen LogP) is 4.02. The first kappa shape index (κ1) is 21.7. The van der Waals surface area contributed by atoms with Crippen molar-refractivity contribution in [2.24, 2.45) is 4.99 Å². The van der Waals surface area contributed by atoms with Crippen molar-refractivity contribution >= 4 is 64.5 Å². The van der Waals surface area contributed by atoms with Crippen LogP contribution in [0.2, 0.25) is 5.02 Å². The van der Waals surface area contributed by atoms with E-state index in [2.05, 4.69) is 32.4 Å². The third-order valence-corrected chi connectivity index (χ3v) is 4.35. The van der Waals surface area contributed by atoms with Crippen molar-refractivity contribution < 1.29 is 4.79 Å². The SMILES string of the molecule is CN=C(NCCC(=O)Nc1ccc(C)cc1Cl)NCc1ccsc1.I. The summed E-state index contributed by atoms with van der Waals surface area (Å²) in [4.78, 5) is 16.1. The highest BCUT2D eigenvalue weighted by molar-refractivity contribution is 14.0. The second-order valence-electron chi connectivity index (χ2n) is 5.27. The van der Waals surface area contributed by atoms with E-state index in [1.54, 1.807) is 18.4 Å². The number of hydrogen-bond acceptors (Lipinski definition) is 3. The monoisotopic (exact) mass is 492 g/mol. The fourth-order valence-electron chi connectivity index (χ4n) is 2.03. The molecule has 3 N–H and O–H groups in total. The number of nitrogens with one attached hydrogen (secondary N) is 3. The Kier molecular flexibility index (Phi) is 9.84. The molecular formula is C17H22ClIN4OS. The average Bonchev–Trinajstić information content (AvgIpc) is 3.07. The molecule has 0 aliphatic rings. The summed E-state index contributed by atoms with van der Waals surface area (Å²) in [6.07, 6.45) is 0.323. The lowest BCUT2D eigenvalue weighted by Crippen LogP contribution is -2.38. The number of anilines is 1. The molecule has 0 aliphatic heterocycles. The number of guanidine groups is 1. The highest BCUT2D eigenvalue weighted by Gasteiger charge is 2.06. The molecule has 2 rings (SSSR count). The highest BCUT2D eigenvalue weighted by atomic mass is 127. The van der Waals surface area contributed by atoms with Crippen LogP contribution in [-0.2, 0) is 11.3 Å². The predicted molar refractivity (Wildman–Crippen MR) is 117 cm³/mol. The molecule has 1 heterocycles. The van der Waals surface area contributed by atoms with Crippen molar-refractivity contribution in [3.63, 3.8) is 0 Å². The van der Waals surface area contributed by atoms with Gasteiger partial charge in [-0.1, -0.05) is 17.7 Å². The maximum atomic E-state index is 12.0. The summed E-state index contributed by atoms with van der Waals surface area (Å²) in [6.45, 7) is 3.14. The molecule has 2 aromatic rings. The van der Waals surface area contributed by atoms with E-state index in [1.165, 1.54) is 5.56 Å². The summed E-state index contributed by atoms with van der Waals surface area (Å²) in [5, 5.41) is 13.8. The van der Waals surface area contributed by atoms with E-state index < -0.39 is 0 Å². The van der Waals surface area contributed by atoms with Crippen LogP contribution in [0.15, 0.2) is 40.0 Å². The van der Waals surface area contributed by atoms with Crippen molar-refractivity contribution in [1.82, 2.24) is 10.6 Å². The van der Waals surface area contributed by atoms with Gasteiger partial charge in [0, 0.05) is 26.6 Å². The number of benzene rings is 1. The van der Waals surface area contributed by atoms with Gasteiger partial charge in [-0.15, -0.1) is 24.0 Å². The Morgan fingerprint density at radius 1 is 1.28 bits per heavy atom. The fourth-order valence-corrected chi connectivity index (χ4v) is 2.98. The van der Waals surface area contributed by atoms with E-state index in [4.69, 9.17) is 11.6 Å². The van der Waals surface area contributed by atoms with E-state index in [1.807, 2.05) is 30.5 Å². The highest BCUT2D eigenvalue weighted by Crippen LogP contribution is 2.22. The standard InChI is InChI=1S/C17H21ClN4OS.HI/c1-12-3-4-15(14(18)9-12)22-16(23)5-7-20-17(19-2)21-10-13-6-8-24-11-13;/h3-4,6,8-9,11H,5,7,10H2,1-2H3,(H,22,23)(H2,19,20,21);1H. The summed E-state index contributed by atoms with van der Waals surface area (Å²) in [5.74, 6) is 0.573. The van der Waals surface area contributed by atoms with Crippen molar-refractivity contribution in [3.05, 3.63) is 51.2 Å². The molecule has 0 spiro atoms. The van der Waals surface area contributed by atoms with Crippen LogP contribution < -0.4 is 16.0 Å². The molecule has 0 unspecified atom stereocenters. The Balaban J connectivity index is 0.00000312. The van der Waals surface area contributed by atoms with Crippen molar-refractivity contribution in [1.29, 1.82) is 0 Å². The maximum absolute atomic E-state index is 12.0. The molecular weight excluding hydrogens is 471 g/mol. The Hall–Kier alpha value is -1.32. The van der Waals surface area contributed by atoms with Gasteiger partial charge in [-0.25, -0.2) is 0 Å². The molecule has 8 heteroatoms. The number of thiophene rings is 1. The second-order valence-corrected chi connectivity index (χ2v) is 6.45. The molecule has 0 saturated carbocycles. The normalized spacial score (nSPS) is 10.8. The van der Waals surface area contributed by atoms with Crippen molar-refractivity contribution in [2.75, 3.05) is 18.9 Å². The van der Waals surface area contributed by atoms with Gasteiger partial charge in [0.25, 0.3) is 0 Å². The topological polar surface area (TPSA) is 65.5 Å². The van der Waals surface area contributed by atoms with E-state index in [0.29, 0.717) is 36.2 Å².